The van der Waals surface area contributed by atoms with Crippen LogP contribution in [0.1, 0.15) is 16.1 Å². The number of aryl methyl sites for hydroxylation is 1. The predicted molar refractivity (Wildman–Crippen MR) is 50.9 cm³/mol. The maximum Gasteiger partial charge on any atom is 0.254 e. The monoisotopic (exact) mass is 196 g/mol. The van der Waals surface area contributed by atoms with E-state index in [0.717, 1.165) is 0 Å². The minimum absolute atomic E-state index is 0.00292. The molecule has 1 amide bonds. The molecule has 1 rings (SSSR count). The molecule has 0 aliphatic carbocycles. The van der Waals surface area contributed by atoms with Gasteiger partial charge >= 0.3 is 0 Å². The van der Waals surface area contributed by atoms with Gasteiger partial charge in [0.2, 0.25) is 0 Å². The number of amides is 1. The van der Waals surface area contributed by atoms with Gasteiger partial charge in [0, 0.05) is 26.4 Å². The van der Waals surface area contributed by atoms with Gasteiger partial charge in [0.25, 0.3) is 5.91 Å². The lowest BCUT2D eigenvalue weighted by atomic mass is 10.1. The standard InChI is InChI=1S/C9H12N2O3/c1-11-4-3-7(12)8(9(10)13)6(11)5-14-2/h3-4H,5H2,1-2H3,(H2,10,13). The minimum Gasteiger partial charge on any atom is -0.378 e. The fraction of sp³-hybridized carbons (Fsp3) is 0.333. The largest absolute Gasteiger partial charge is 0.378 e. The van der Waals surface area contributed by atoms with Gasteiger partial charge in [-0.3, -0.25) is 9.59 Å². The molecule has 76 valence electrons. The molecule has 2 N–H and O–H groups in total. The number of carbonyl (C=O) groups excluding carboxylic acids is 1. The quantitative estimate of drug-likeness (QED) is 0.716. The average molecular weight is 196 g/mol. The van der Waals surface area contributed by atoms with Gasteiger partial charge in [0.15, 0.2) is 5.43 Å². The molecule has 0 aliphatic rings. The third-order valence-corrected chi connectivity index (χ3v) is 1.94. The van der Waals surface area contributed by atoms with Gasteiger partial charge in [-0.25, -0.2) is 0 Å². The van der Waals surface area contributed by atoms with Crippen LogP contribution in [0.5, 0.6) is 0 Å². The summed E-state index contributed by atoms with van der Waals surface area (Å²) in [6.45, 7) is 0.185. The highest BCUT2D eigenvalue weighted by molar-refractivity contribution is 5.93. The van der Waals surface area contributed by atoms with E-state index >= 15 is 0 Å². The molecule has 5 nitrogen and oxygen atoms in total. The zero-order chi connectivity index (χ0) is 10.7. The topological polar surface area (TPSA) is 74.3 Å². The predicted octanol–water partition coefficient (Wildman–Crippen LogP) is -0.369. The Hall–Kier alpha value is -1.62. The van der Waals surface area contributed by atoms with E-state index in [2.05, 4.69) is 0 Å². The summed E-state index contributed by atoms with van der Waals surface area (Å²) in [4.78, 5) is 22.4. The molecule has 0 saturated heterocycles. The maximum absolute atomic E-state index is 11.3. The number of nitrogens with two attached hydrogens (primary N) is 1. The third-order valence-electron chi connectivity index (χ3n) is 1.94. The van der Waals surface area contributed by atoms with Gasteiger partial charge in [-0.05, 0) is 0 Å². The lowest BCUT2D eigenvalue weighted by Crippen LogP contribution is -2.26. The van der Waals surface area contributed by atoms with E-state index < -0.39 is 5.91 Å². The van der Waals surface area contributed by atoms with E-state index in [1.54, 1.807) is 17.8 Å². The Morgan fingerprint density at radius 2 is 2.29 bits per heavy atom. The molecule has 5 heteroatoms. The number of ether oxygens (including phenoxy) is 1. The summed E-state index contributed by atoms with van der Waals surface area (Å²) in [7, 11) is 3.21. The summed E-state index contributed by atoms with van der Waals surface area (Å²) in [6, 6.07) is 1.30. The number of carbonyl (C=O) groups is 1. The highest BCUT2D eigenvalue weighted by atomic mass is 16.5. The second kappa shape index (κ2) is 4.06. The van der Waals surface area contributed by atoms with Crippen molar-refractivity contribution in [1.29, 1.82) is 0 Å². The van der Waals surface area contributed by atoms with E-state index in [1.165, 1.54) is 13.2 Å². The van der Waals surface area contributed by atoms with E-state index in [0.29, 0.717) is 5.69 Å². The number of nitrogens with zero attached hydrogens (tertiary/aromatic N) is 1. The van der Waals surface area contributed by atoms with Crippen LogP contribution in [0.15, 0.2) is 17.1 Å². The van der Waals surface area contributed by atoms with Crippen molar-refractivity contribution in [2.45, 2.75) is 6.61 Å². The Morgan fingerprint density at radius 3 is 2.79 bits per heavy atom. The Labute approximate surface area is 81.1 Å². The first-order valence-corrected chi connectivity index (χ1v) is 4.05. The van der Waals surface area contributed by atoms with Crippen molar-refractivity contribution in [3.63, 3.8) is 0 Å². The summed E-state index contributed by atoms with van der Waals surface area (Å²) >= 11 is 0. The summed E-state index contributed by atoms with van der Waals surface area (Å²) in [5.74, 6) is -0.724. The molecule has 1 aromatic heterocycles. The van der Waals surface area contributed by atoms with E-state index in [-0.39, 0.29) is 17.6 Å². The van der Waals surface area contributed by atoms with E-state index in [4.69, 9.17) is 10.5 Å². The van der Waals surface area contributed by atoms with Crippen LogP contribution in [-0.4, -0.2) is 17.6 Å². The number of rotatable bonds is 3. The Morgan fingerprint density at radius 1 is 1.64 bits per heavy atom. The third kappa shape index (κ3) is 1.82. The minimum atomic E-state index is -0.724. The second-order valence-corrected chi connectivity index (χ2v) is 2.91. The van der Waals surface area contributed by atoms with Gasteiger partial charge in [-0.15, -0.1) is 0 Å². The van der Waals surface area contributed by atoms with Gasteiger partial charge in [0.1, 0.15) is 5.56 Å². The number of methoxy groups -OCH3 is 1. The number of primary amides is 1. The average Bonchev–Trinajstić information content (AvgIpc) is 2.11. The van der Waals surface area contributed by atoms with Crippen molar-refractivity contribution in [2.24, 2.45) is 12.8 Å². The van der Waals surface area contributed by atoms with Crippen LogP contribution >= 0.6 is 0 Å². The van der Waals surface area contributed by atoms with Gasteiger partial charge < -0.3 is 15.0 Å². The molecule has 0 fully saturated rings. The molecule has 0 atom stereocenters. The normalized spacial score (nSPS) is 10.1. The fourth-order valence-corrected chi connectivity index (χ4v) is 1.25. The maximum atomic E-state index is 11.3. The summed E-state index contributed by atoms with van der Waals surface area (Å²) < 4.78 is 6.53. The summed E-state index contributed by atoms with van der Waals surface area (Å²) in [5, 5.41) is 0. The van der Waals surface area contributed by atoms with Crippen molar-refractivity contribution in [3.05, 3.63) is 33.7 Å². The molecule has 0 saturated carbocycles. The number of hydrogen-bond acceptors (Lipinski definition) is 3. The smallest absolute Gasteiger partial charge is 0.254 e. The zero-order valence-corrected chi connectivity index (χ0v) is 8.11. The lowest BCUT2D eigenvalue weighted by Gasteiger charge is -2.10. The summed E-state index contributed by atoms with van der Waals surface area (Å²) in [6.07, 6.45) is 1.57. The zero-order valence-electron chi connectivity index (χ0n) is 8.11. The van der Waals surface area contributed by atoms with Gasteiger partial charge in [-0.2, -0.15) is 0 Å². The number of aromatic nitrogens is 1. The Kier molecular flexibility index (Phi) is 3.03. The van der Waals surface area contributed by atoms with Crippen molar-refractivity contribution in [1.82, 2.24) is 4.57 Å². The molecule has 14 heavy (non-hydrogen) atoms. The number of pyridine rings is 1. The van der Waals surface area contributed by atoms with Gasteiger partial charge in [0.05, 0.1) is 12.3 Å². The van der Waals surface area contributed by atoms with E-state index in [1.807, 2.05) is 0 Å². The fourth-order valence-electron chi connectivity index (χ4n) is 1.25. The van der Waals surface area contributed by atoms with E-state index in [9.17, 15) is 9.59 Å². The summed E-state index contributed by atoms with van der Waals surface area (Å²) in [5.41, 5.74) is 5.22. The molecule has 1 aromatic rings. The van der Waals surface area contributed by atoms with Crippen LogP contribution in [-0.2, 0) is 18.4 Å². The molecule has 1 heterocycles. The Bertz CT molecular complexity index is 409. The van der Waals surface area contributed by atoms with Crippen LogP contribution in [0, 0.1) is 0 Å². The number of hydrogen-bond donors (Lipinski definition) is 1. The van der Waals surface area contributed by atoms with Crippen LogP contribution in [0.2, 0.25) is 0 Å². The van der Waals surface area contributed by atoms with Crippen molar-refractivity contribution < 1.29 is 9.53 Å². The molecule has 0 unspecified atom stereocenters. The molecule has 0 aliphatic heterocycles. The van der Waals surface area contributed by atoms with Crippen molar-refractivity contribution >= 4 is 5.91 Å². The molecule has 0 aromatic carbocycles. The molecular formula is C9H12N2O3. The van der Waals surface area contributed by atoms with Crippen molar-refractivity contribution in [3.8, 4) is 0 Å². The first kappa shape index (κ1) is 10.5. The van der Waals surface area contributed by atoms with Crippen LogP contribution in [0.4, 0.5) is 0 Å². The van der Waals surface area contributed by atoms with Gasteiger partial charge in [-0.1, -0.05) is 0 Å². The first-order valence-electron chi connectivity index (χ1n) is 4.05. The molecule has 0 spiro atoms. The Balaban J connectivity index is 3.41. The molecular weight excluding hydrogens is 184 g/mol. The first-order chi connectivity index (χ1) is 6.57. The van der Waals surface area contributed by atoms with Crippen LogP contribution in [0.25, 0.3) is 0 Å². The highest BCUT2D eigenvalue weighted by Crippen LogP contribution is 2.03. The SMILES string of the molecule is COCc1c(C(N)=O)c(=O)ccn1C. The second-order valence-electron chi connectivity index (χ2n) is 2.91. The van der Waals surface area contributed by atoms with Crippen LogP contribution < -0.4 is 11.2 Å². The molecule has 0 bridgehead atoms. The van der Waals surface area contributed by atoms with Crippen LogP contribution in [0.3, 0.4) is 0 Å². The van der Waals surface area contributed by atoms with Crippen molar-refractivity contribution in [2.75, 3.05) is 7.11 Å². The molecule has 0 radical (unpaired) electrons. The highest BCUT2D eigenvalue weighted by Gasteiger charge is 2.13. The lowest BCUT2D eigenvalue weighted by molar-refractivity contribution is 0.0992.